The Balaban J connectivity index is 2.78. The number of hydrogen-bond acceptors (Lipinski definition) is 3. The van der Waals surface area contributed by atoms with Gasteiger partial charge in [-0.15, -0.1) is 0 Å². The normalized spacial score (nSPS) is 16.6. The minimum atomic E-state index is 0.0243. The number of benzene rings is 1. The first-order chi connectivity index (χ1) is 8.53. The third kappa shape index (κ3) is 4.01. The van der Waals surface area contributed by atoms with Gasteiger partial charge in [0.2, 0.25) is 0 Å². The van der Waals surface area contributed by atoms with Crippen molar-refractivity contribution in [1.29, 1.82) is 0 Å². The molecule has 2 atom stereocenters. The Morgan fingerprint density at radius 1 is 1.33 bits per heavy atom. The van der Waals surface area contributed by atoms with Gasteiger partial charge in [-0.25, -0.2) is 0 Å². The Labute approximate surface area is 116 Å². The van der Waals surface area contributed by atoms with Crippen molar-refractivity contribution in [2.24, 2.45) is 5.73 Å². The highest BCUT2D eigenvalue weighted by Gasteiger charge is 2.30. The summed E-state index contributed by atoms with van der Waals surface area (Å²) in [6, 6.07) is 11.2. The van der Waals surface area contributed by atoms with Gasteiger partial charge in [0.15, 0.2) is 0 Å². The summed E-state index contributed by atoms with van der Waals surface area (Å²) in [5.74, 6) is 1.14. The molecule has 0 saturated heterocycles. The first-order valence-corrected chi connectivity index (χ1v) is 7.88. The predicted octanol–water partition coefficient (Wildman–Crippen LogP) is 2.63. The minimum absolute atomic E-state index is 0.0243. The van der Waals surface area contributed by atoms with E-state index in [1.54, 1.807) is 0 Å². The third-order valence-electron chi connectivity index (χ3n) is 3.79. The van der Waals surface area contributed by atoms with Crippen LogP contribution in [0.4, 0.5) is 0 Å². The van der Waals surface area contributed by atoms with Crippen molar-refractivity contribution in [3.05, 3.63) is 35.9 Å². The van der Waals surface area contributed by atoms with Crippen LogP contribution in [0, 0.1) is 0 Å². The standard InChI is InChI=1S/C15H26N2S/c1-13(11-18-4)17(3)15(2,12-16)10-14-8-6-5-7-9-14/h5-9,13H,10-12,16H2,1-4H3. The molecule has 18 heavy (non-hydrogen) atoms. The zero-order valence-electron chi connectivity index (χ0n) is 12.0. The van der Waals surface area contributed by atoms with Crippen molar-refractivity contribution < 1.29 is 0 Å². The van der Waals surface area contributed by atoms with Crippen LogP contribution in [0.2, 0.25) is 0 Å². The summed E-state index contributed by atoms with van der Waals surface area (Å²) in [5, 5.41) is 0. The van der Waals surface area contributed by atoms with E-state index in [0.29, 0.717) is 12.6 Å². The Hall–Kier alpha value is -0.510. The molecule has 1 aromatic carbocycles. The molecule has 2 unspecified atom stereocenters. The molecule has 102 valence electrons. The van der Waals surface area contributed by atoms with Crippen LogP contribution < -0.4 is 5.73 Å². The molecule has 1 rings (SSSR count). The molecule has 0 fully saturated rings. The number of hydrogen-bond donors (Lipinski definition) is 1. The second kappa shape index (κ2) is 7.17. The van der Waals surface area contributed by atoms with E-state index in [1.165, 1.54) is 5.56 Å². The van der Waals surface area contributed by atoms with Crippen LogP contribution in [0.25, 0.3) is 0 Å². The second-order valence-electron chi connectivity index (χ2n) is 5.28. The summed E-state index contributed by atoms with van der Waals surface area (Å²) in [5.41, 5.74) is 7.42. The van der Waals surface area contributed by atoms with E-state index in [4.69, 9.17) is 5.73 Å². The minimum Gasteiger partial charge on any atom is -0.329 e. The smallest absolute Gasteiger partial charge is 0.0343 e. The highest BCUT2D eigenvalue weighted by atomic mass is 32.2. The zero-order chi connectivity index (χ0) is 13.6. The molecular weight excluding hydrogens is 240 g/mol. The highest BCUT2D eigenvalue weighted by Crippen LogP contribution is 2.22. The van der Waals surface area contributed by atoms with Crippen LogP contribution in [0.5, 0.6) is 0 Å². The molecule has 0 radical (unpaired) electrons. The largest absolute Gasteiger partial charge is 0.329 e. The lowest BCUT2D eigenvalue weighted by Gasteiger charge is -2.42. The molecule has 0 aliphatic carbocycles. The fourth-order valence-corrected chi connectivity index (χ4v) is 2.97. The van der Waals surface area contributed by atoms with Gasteiger partial charge in [0.05, 0.1) is 0 Å². The van der Waals surface area contributed by atoms with Crippen LogP contribution in [-0.2, 0) is 6.42 Å². The second-order valence-corrected chi connectivity index (χ2v) is 6.19. The fraction of sp³-hybridized carbons (Fsp3) is 0.600. The van der Waals surface area contributed by atoms with Crippen molar-refractivity contribution in [3.63, 3.8) is 0 Å². The Morgan fingerprint density at radius 3 is 2.44 bits per heavy atom. The molecule has 0 bridgehead atoms. The first-order valence-electron chi connectivity index (χ1n) is 6.49. The number of rotatable bonds is 7. The van der Waals surface area contributed by atoms with Gasteiger partial charge >= 0.3 is 0 Å². The summed E-state index contributed by atoms with van der Waals surface area (Å²) < 4.78 is 0. The SMILES string of the molecule is CSCC(C)N(C)C(C)(CN)Cc1ccccc1. The van der Waals surface area contributed by atoms with E-state index in [-0.39, 0.29) is 5.54 Å². The predicted molar refractivity (Wildman–Crippen MR) is 83.2 cm³/mol. The van der Waals surface area contributed by atoms with Gasteiger partial charge in [-0.05, 0) is 39.1 Å². The number of thioether (sulfide) groups is 1. The Morgan fingerprint density at radius 2 is 1.94 bits per heavy atom. The molecule has 0 aromatic heterocycles. The van der Waals surface area contributed by atoms with E-state index >= 15 is 0 Å². The van der Waals surface area contributed by atoms with Crippen molar-refractivity contribution in [3.8, 4) is 0 Å². The summed E-state index contributed by atoms with van der Waals surface area (Å²) in [6.07, 6.45) is 3.15. The molecule has 0 heterocycles. The summed E-state index contributed by atoms with van der Waals surface area (Å²) in [4.78, 5) is 2.43. The summed E-state index contributed by atoms with van der Waals surface area (Å²) in [6.45, 7) is 5.21. The molecule has 0 amide bonds. The van der Waals surface area contributed by atoms with Crippen molar-refractivity contribution >= 4 is 11.8 Å². The van der Waals surface area contributed by atoms with Crippen molar-refractivity contribution in [2.75, 3.05) is 25.6 Å². The van der Waals surface area contributed by atoms with E-state index in [0.717, 1.165) is 12.2 Å². The molecule has 2 N–H and O–H groups in total. The summed E-state index contributed by atoms with van der Waals surface area (Å²) >= 11 is 1.89. The molecule has 1 aromatic rings. The highest BCUT2D eigenvalue weighted by molar-refractivity contribution is 7.98. The molecule has 0 aliphatic rings. The van der Waals surface area contributed by atoms with Crippen molar-refractivity contribution in [2.45, 2.75) is 31.8 Å². The van der Waals surface area contributed by atoms with Crippen molar-refractivity contribution in [1.82, 2.24) is 4.90 Å². The molecular formula is C15H26N2S. The van der Waals surface area contributed by atoms with E-state index in [1.807, 2.05) is 11.8 Å². The maximum Gasteiger partial charge on any atom is 0.0343 e. The van der Waals surface area contributed by atoms with Gasteiger partial charge in [0, 0.05) is 23.9 Å². The number of nitrogens with two attached hydrogens (primary N) is 1. The quantitative estimate of drug-likeness (QED) is 0.822. The molecule has 2 nitrogen and oxygen atoms in total. The monoisotopic (exact) mass is 266 g/mol. The lowest BCUT2D eigenvalue weighted by Crippen LogP contribution is -2.55. The maximum absolute atomic E-state index is 6.04. The lowest BCUT2D eigenvalue weighted by molar-refractivity contribution is 0.111. The Kier molecular flexibility index (Phi) is 6.19. The van der Waals surface area contributed by atoms with E-state index in [9.17, 15) is 0 Å². The van der Waals surface area contributed by atoms with Gasteiger partial charge in [-0.1, -0.05) is 30.3 Å². The van der Waals surface area contributed by atoms with Gasteiger partial charge in [0.25, 0.3) is 0 Å². The van der Waals surface area contributed by atoms with Crippen LogP contribution in [0.3, 0.4) is 0 Å². The van der Waals surface area contributed by atoms with Gasteiger partial charge < -0.3 is 5.73 Å². The van der Waals surface area contributed by atoms with Crippen LogP contribution in [-0.4, -0.2) is 42.1 Å². The Bertz CT molecular complexity index is 342. The fourth-order valence-electron chi connectivity index (χ4n) is 2.26. The topological polar surface area (TPSA) is 29.3 Å². The maximum atomic E-state index is 6.04. The van der Waals surface area contributed by atoms with Gasteiger partial charge in [-0.2, -0.15) is 11.8 Å². The first kappa shape index (κ1) is 15.5. The molecule has 0 saturated carbocycles. The number of nitrogens with zero attached hydrogens (tertiary/aromatic N) is 1. The van der Waals surface area contributed by atoms with Crippen LogP contribution in [0.15, 0.2) is 30.3 Å². The zero-order valence-corrected chi connectivity index (χ0v) is 12.8. The average molecular weight is 266 g/mol. The van der Waals surface area contributed by atoms with Crippen LogP contribution in [0.1, 0.15) is 19.4 Å². The third-order valence-corrected chi connectivity index (χ3v) is 4.60. The average Bonchev–Trinajstić information content (AvgIpc) is 2.39. The van der Waals surface area contributed by atoms with Crippen LogP contribution >= 0.6 is 11.8 Å². The molecule has 0 aliphatic heterocycles. The lowest BCUT2D eigenvalue weighted by atomic mass is 9.90. The van der Waals surface area contributed by atoms with E-state index in [2.05, 4.69) is 62.4 Å². The number of likely N-dealkylation sites (N-methyl/N-ethyl adjacent to an activating group) is 1. The van der Waals surface area contributed by atoms with Gasteiger partial charge in [-0.3, -0.25) is 4.90 Å². The van der Waals surface area contributed by atoms with E-state index < -0.39 is 0 Å². The summed E-state index contributed by atoms with van der Waals surface area (Å²) in [7, 11) is 2.19. The van der Waals surface area contributed by atoms with Gasteiger partial charge in [0.1, 0.15) is 0 Å². The molecule has 3 heteroatoms. The molecule has 0 spiro atoms.